The van der Waals surface area contributed by atoms with Crippen molar-refractivity contribution in [2.75, 3.05) is 24.7 Å². The molecule has 7 nitrogen and oxygen atoms in total. The van der Waals surface area contributed by atoms with Crippen molar-refractivity contribution in [3.05, 3.63) is 18.2 Å². The van der Waals surface area contributed by atoms with Crippen molar-refractivity contribution in [3.8, 4) is 11.5 Å². The SMILES string of the molecule is C[C@@H]1CCC[C@H](C)N1NC(=O)[C@@H]1CC(=O)N(c2ccc3c(c2)OCCO3)C1. The summed E-state index contributed by atoms with van der Waals surface area (Å²) in [6.45, 7) is 5.70. The number of hydrogen-bond acceptors (Lipinski definition) is 5. The van der Waals surface area contributed by atoms with Gasteiger partial charge >= 0.3 is 0 Å². The third-order valence-corrected chi connectivity index (χ3v) is 5.77. The minimum atomic E-state index is -0.341. The van der Waals surface area contributed by atoms with Crippen LogP contribution < -0.4 is 19.8 Å². The van der Waals surface area contributed by atoms with E-state index in [9.17, 15) is 9.59 Å². The Morgan fingerprint density at radius 3 is 2.56 bits per heavy atom. The Hall–Kier alpha value is -2.28. The molecule has 0 unspecified atom stereocenters. The average Bonchev–Trinajstić information content (AvgIpc) is 3.06. The molecule has 1 N–H and O–H groups in total. The van der Waals surface area contributed by atoms with Gasteiger partial charge in [0.05, 0.1) is 5.92 Å². The van der Waals surface area contributed by atoms with Crippen LogP contribution in [0.1, 0.15) is 39.5 Å². The number of fused-ring (bicyclic) bond motifs is 1. The highest BCUT2D eigenvalue weighted by Crippen LogP contribution is 2.36. The molecule has 1 aromatic rings. The largest absolute Gasteiger partial charge is 0.486 e. The van der Waals surface area contributed by atoms with E-state index in [0.29, 0.717) is 43.3 Å². The monoisotopic (exact) mass is 373 g/mol. The van der Waals surface area contributed by atoms with Crippen LogP contribution in [0.3, 0.4) is 0 Å². The summed E-state index contributed by atoms with van der Waals surface area (Å²) in [6.07, 6.45) is 3.58. The molecule has 146 valence electrons. The zero-order valence-corrected chi connectivity index (χ0v) is 15.9. The fourth-order valence-electron chi connectivity index (χ4n) is 4.19. The zero-order valence-electron chi connectivity index (χ0n) is 15.9. The molecule has 27 heavy (non-hydrogen) atoms. The van der Waals surface area contributed by atoms with Crippen molar-refractivity contribution in [2.24, 2.45) is 5.92 Å². The first-order valence-electron chi connectivity index (χ1n) is 9.82. The Bertz CT molecular complexity index is 728. The molecule has 2 fully saturated rings. The maximum atomic E-state index is 12.8. The normalized spacial score (nSPS) is 28.3. The van der Waals surface area contributed by atoms with Crippen LogP contribution >= 0.6 is 0 Å². The molecule has 3 aliphatic heterocycles. The van der Waals surface area contributed by atoms with Crippen LogP contribution in [0.4, 0.5) is 5.69 Å². The molecule has 0 aliphatic carbocycles. The number of ether oxygens (including phenoxy) is 2. The third-order valence-electron chi connectivity index (χ3n) is 5.77. The topological polar surface area (TPSA) is 71.1 Å². The lowest BCUT2D eigenvalue weighted by atomic mass is 9.99. The molecule has 2 amide bonds. The first-order valence-corrected chi connectivity index (χ1v) is 9.82. The predicted molar refractivity (Wildman–Crippen MR) is 101 cm³/mol. The number of amides is 2. The Balaban J connectivity index is 1.43. The number of piperidine rings is 1. The van der Waals surface area contributed by atoms with Crippen molar-refractivity contribution in [2.45, 2.75) is 51.6 Å². The van der Waals surface area contributed by atoms with Gasteiger partial charge in [-0.2, -0.15) is 0 Å². The van der Waals surface area contributed by atoms with E-state index in [1.54, 1.807) is 4.90 Å². The number of nitrogens with zero attached hydrogens (tertiary/aromatic N) is 2. The minimum Gasteiger partial charge on any atom is -0.486 e. The van der Waals surface area contributed by atoms with E-state index in [4.69, 9.17) is 9.47 Å². The third kappa shape index (κ3) is 3.60. The van der Waals surface area contributed by atoms with Gasteiger partial charge in [0.1, 0.15) is 13.2 Å². The minimum absolute atomic E-state index is 0.0356. The molecule has 0 spiro atoms. The fraction of sp³-hybridized carbons (Fsp3) is 0.600. The first-order chi connectivity index (χ1) is 13.0. The van der Waals surface area contributed by atoms with E-state index < -0.39 is 0 Å². The van der Waals surface area contributed by atoms with Gasteiger partial charge in [-0.15, -0.1) is 0 Å². The molecule has 0 saturated carbocycles. The Labute approximate surface area is 159 Å². The van der Waals surface area contributed by atoms with Crippen LogP contribution in [-0.2, 0) is 9.59 Å². The summed E-state index contributed by atoms with van der Waals surface area (Å²) in [5, 5.41) is 2.06. The molecule has 1 aromatic carbocycles. The lowest BCUT2D eigenvalue weighted by molar-refractivity contribution is -0.133. The quantitative estimate of drug-likeness (QED) is 0.879. The standard InChI is InChI=1S/C20H27N3O4/c1-13-4-3-5-14(2)23(13)21-20(25)15-10-19(24)22(12-15)16-6-7-17-18(11-16)27-9-8-26-17/h6-7,11,13-15H,3-5,8-10,12H2,1-2H3,(H,21,25)/t13-,14+,15-/m1/s1. The van der Waals surface area contributed by atoms with Crippen molar-refractivity contribution in [1.82, 2.24) is 10.4 Å². The summed E-state index contributed by atoms with van der Waals surface area (Å²) in [7, 11) is 0. The summed E-state index contributed by atoms with van der Waals surface area (Å²) in [4.78, 5) is 27.0. The summed E-state index contributed by atoms with van der Waals surface area (Å²) in [5.74, 6) is 0.900. The second-order valence-electron chi connectivity index (χ2n) is 7.75. The Kier molecular flexibility index (Phi) is 4.95. The smallest absolute Gasteiger partial charge is 0.239 e. The number of hydrogen-bond donors (Lipinski definition) is 1. The molecule has 3 heterocycles. The van der Waals surface area contributed by atoms with E-state index in [2.05, 4.69) is 24.3 Å². The van der Waals surface area contributed by atoms with Crippen LogP contribution in [0.2, 0.25) is 0 Å². The van der Waals surface area contributed by atoms with E-state index >= 15 is 0 Å². The molecular weight excluding hydrogens is 346 g/mol. The highest BCUT2D eigenvalue weighted by atomic mass is 16.6. The van der Waals surface area contributed by atoms with Gasteiger partial charge in [-0.1, -0.05) is 6.42 Å². The van der Waals surface area contributed by atoms with Crippen LogP contribution in [0.25, 0.3) is 0 Å². The highest BCUT2D eigenvalue weighted by molar-refractivity contribution is 6.00. The average molecular weight is 373 g/mol. The van der Waals surface area contributed by atoms with Gasteiger partial charge in [0.15, 0.2) is 11.5 Å². The predicted octanol–water partition coefficient (Wildman–Crippen LogP) is 2.10. The van der Waals surface area contributed by atoms with E-state index in [0.717, 1.165) is 18.5 Å². The van der Waals surface area contributed by atoms with Crippen molar-refractivity contribution in [3.63, 3.8) is 0 Å². The van der Waals surface area contributed by atoms with Gasteiger partial charge in [-0.05, 0) is 38.8 Å². The number of benzene rings is 1. The molecule has 0 radical (unpaired) electrons. The van der Waals surface area contributed by atoms with Gasteiger partial charge in [0.25, 0.3) is 0 Å². The van der Waals surface area contributed by atoms with E-state index in [1.807, 2.05) is 18.2 Å². The van der Waals surface area contributed by atoms with Crippen molar-refractivity contribution in [1.29, 1.82) is 0 Å². The highest BCUT2D eigenvalue weighted by Gasteiger charge is 2.37. The number of rotatable bonds is 3. The van der Waals surface area contributed by atoms with Crippen LogP contribution in [-0.4, -0.2) is 48.7 Å². The molecule has 0 bridgehead atoms. The molecule has 0 aromatic heterocycles. The summed E-state index contributed by atoms with van der Waals surface area (Å²) in [6, 6.07) is 6.14. The summed E-state index contributed by atoms with van der Waals surface area (Å²) in [5.41, 5.74) is 3.82. The molecule has 3 aliphatic rings. The van der Waals surface area contributed by atoms with Gasteiger partial charge in [-0.25, -0.2) is 5.01 Å². The van der Waals surface area contributed by atoms with Gasteiger partial charge in [0.2, 0.25) is 11.8 Å². The Morgan fingerprint density at radius 2 is 1.81 bits per heavy atom. The number of anilines is 1. The van der Waals surface area contributed by atoms with Crippen molar-refractivity contribution < 1.29 is 19.1 Å². The maximum absolute atomic E-state index is 12.8. The summed E-state index contributed by atoms with van der Waals surface area (Å²) >= 11 is 0. The van der Waals surface area contributed by atoms with Gasteiger partial charge < -0.3 is 14.4 Å². The second kappa shape index (κ2) is 7.38. The van der Waals surface area contributed by atoms with Crippen LogP contribution in [0, 0.1) is 5.92 Å². The lowest BCUT2D eigenvalue weighted by Crippen LogP contribution is -2.55. The second-order valence-corrected chi connectivity index (χ2v) is 7.75. The molecule has 7 heteroatoms. The zero-order chi connectivity index (χ0) is 19.0. The molecule has 2 saturated heterocycles. The number of hydrazine groups is 1. The summed E-state index contributed by atoms with van der Waals surface area (Å²) < 4.78 is 11.1. The Morgan fingerprint density at radius 1 is 1.11 bits per heavy atom. The lowest BCUT2D eigenvalue weighted by Gasteiger charge is -2.39. The van der Waals surface area contributed by atoms with Gasteiger partial charge in [0, 0.05) is 36.8 Å². The van der Waals surface area contributed by atoms with E-state index in [1.165, 1.54) is 6.42 Å². The van der Waals surface area contributed by atoms with Crippen LogP contribution in [0.15, 0.2) is 18.2 Å². The molecule has 4 rings (SSSR count). The molecule has 3 atom stereocenters. The number of nitrogens with one attached hydrogen (secondary N) is 1. The first kappa shape index (κ1) is 18.1. The number of carbonyl (C=O) groups is 2. The van der Waals surface area contributed by atoms with Crippen LogP contribution in [0.5, 0.6) is 11.5 Å². The fourth-order valence-corrected chi connectivity index (χ4v) is 4.19. The van der Waals surface area contributed by atoms with E-state index in [-0.39, 0.29) is 24.2 Å². The maximum Gasteiger partial charge on any atom is 0.239 e. The van der Waals surface area contributed by atoms with Gasteiger partial charge in [-0.3, -0.25) is 15.0 Å². The molecular formula is C20H27N3O4. The van der Waals surface area contributed by atoms with Crippen molar-refractivity contribution >= 4 is 17.5 Å². The number of carbonyl (C=O) groups excluding carboxylic acids is 2.